The van der Waals surface area contributed by atoms with Crippen molar-refractivity contribution in [2.24, 2.45) is 0 Å². The minimum absolute atomic E-state index is 0. The molecule has 12 heteroatoms. The Morgan fingerprint density at radius 1 is 0.333 bits per heavy atom. The quantitative estimate of drug-likeness (QED) is 0.204. The van der Waals surface area contributed by atoms with Crippen LogP contribution in [0.2, 0.25) is 0 Å². The second-order valence-corrected chi connectivity index (χ2v) is 0. The molecule has 0 radical (unpaired) electrons. The summed E-state index contributed by atoms with van der Waals surface area (Å²) in [5.74, 6) is 0. The third kappa shape index (κ3) is 234. The molecule has 0 atom stereocenters. The van der Waals surface area contributed by atoms with E-state index in [0.29, 0.717) is 0 Å². The van der Waals surface area contributed by atoms with Crippen LogP contribution in [-0.2, 0) is 0 Å². The van der Waals surface area contributed by atoms with Gasteiger partial charge in [-0.2, -0.15) is 0 Å². The molecule has 86 valence electrons. The molecule has 0 aromatic rings. The van der Waals surface area contributed by atoms with E-state index in [-0.39, 0.29) is 142 Å². The molecule has 0 amide bonds. The number of hydrogen-bond donors (Lipinski definition) is 2. The summed E-state index contributed by atoms with van der Waals surface area (Å²) in [6.07, 6.45) is 0. The molecule has 0 aliphatic heterocycles. The number of hydrogen-bond acceptors (Lipinski definition) is 2. The van der Waals surface area contributed by atoms with E-state index in [0.717, 1.165) is 0 Å². The first-order valence-corrected chi connectivity index (χ1v) is 0.200. The van der Waals surface area contributed by atoms with E-state index in [9.17, 15) is 0 Å². The summed E-state index contributed by atoms with van der Waals surface area (Å²) in [6.45, 7) is 0. The molecule has 0 saturated heterocycles. The van der Waals surface area contributed by atoms with Gasteiger partial charge in [-0.1, -0.05) is 0 Å². The fourth-order valence-electron chi connectivity index (χ4n) is 0. The van der Waals surface area contributed by atoms with E-state index in [4.69, 9.17) is 10.5 Å². The maximum atomic E-state index is 6.00. The minimum atomic E-state index is 0. The van der Waals surface area contributed by atoms with Crippen molar-refractivity contribution in [3.8, 4) is 0 Å². The molecule has 0 bridgehead atoms. The first-order chi connectivity index (χ1) is 1.00. The average molecular weight is 457 g/mol. The Morgan fingerprint density at radius 3 is 0.333 bits per heavy atom. The van der Waals surface area contributed by atoms with Crippen molar-refractivity contribution in [2.45, 2.75) is 0 Å². The Kier molecular flexibility index (Phi) is 4910. The number of rotatable bonds is 0. The topological polar surface area (TPSA) is 292 Å². The molecule has 18 N–H and O–H groups in total. The zero-order chi connectivity index (χ0) is 2.00. The van der Waals surface area contributed by atoms with Crippen LogP contribution in [0.15, 0.2) is 0 Å². The van der Waals surface area contributed by atoms with Crippen LogP contribution in [0, 0.1) is 0 Å². The van der Waals surface area contributed by atoms with Gasteiger partial charge in [-0.15, -0.1) is 0 Å². The molecule has 0 unspecified atom stereocenters. The Labute approximate surface area is 149 Å². The molecule has 0 heterocycles. The van der Waals surface area contributed by atoms with Gasteiger partial charge < -0.3 is 43.8 Å². The van der Waals surface area contributed by atoms with Crippen LogP contribution in [0.25, 0.3) is 0 Å². The summed E-state index contributed by atoms with van der Waals surface area (Å²) in [5.41, 5.74) is 0. The fraction of sp³-hybridized carbons (Fsp3) is 0. The summed E-state index contributed by atoms with van der Waals surface area (Å²) in [6, 6.07) is 0. The maximum absolute atomic E-state index is 6.00. The van der Waals surface area contributed by atoms with Crippen molar-refractivity contribution < 1.29 is 54.3 Å². The Balaban J connectivity index is -0.000000000111. The van der Waals surface area contributed by atoms with Crippen molar-refractivity contribution in [1.29, 1.82) is 0 Å². The van der Waals surface area contributed by atoms with E-state index < -0.39 is 0 Å². The standard InChI is InChI=1S/2Ba.H2O2.8H2O.4H/c;;1-2;;;;;;;;;;;;/h;;1-2H;8*1H2;;;;. The second-order valence-electron chi connectivity index (χ2n) is 0. The molecule has 0 aromatic heterocycles. The molecule has 12 heavy (non-hydrogen) atoms. The van der Waals surface area contributed by atoms with Gasteiger partial charge >= 0.3 is 97.8 Å². The Morgan fingerprint density at radius 2 is 0.333 bits per heavy atom. The van der Waals surface area contributed by atoms with Gasteiger partial charge in [-0.3, -0.25) is 10.5 Å². The van der Waals surface area contributed by atoms with E-state index in [1.807, 2.05) is 0 Å². The Hall–Kier alpha value is 2.74. The van der Waals surface area contributed by atoms with Crippen LogP contribution in [0.4, 0.5) is 0 Å². The van der Waals surface area contributed by atoms with Gasteiger partial charge in [-0.25, -0.2) is 0 Å². The molecule has 0 spiro atoms. The van der Waals surface area contributed by atoms with E-state index in [1.165, 1.54) is 0 Å². The molecular weight excluding hydrogens is 435 g/mol. The predicted molar refractivity (Wildman–Crippen MR) is 51.3 cm³/mol. The fourth-order valence-corrected chi connectivity index (χ4v) is 0. The van der Waals surface area contributed by atoms with E-state index >= 15 is 0 Å². The molecule has 0 fully saturated rings. The predicted octanol–water partition coefficient (Wildman–Crippen LogP) is -8.41. The van der Waals surface area contributed by atoms with Gasteiger partial charge in [0.25, 0.3) is 0 Å². The third-order valence-electron chi connectivity index (χ3n) is 0. The zero-order valence-corrected chi connectivity index (χ0v) is 4.89. The molecule has 10 nitrogen and oxygen atoms in total. The van der Waals surface area contributed by atoms with Crippen LogP contribution >= 0.6 is 0 Å². The van der Waals surface area contributed by atoms with E-state index in [1.54, 1.807) is 0 Å². The zero-order valence-electron chi connectivity index (χ0n) is 4.89. The van der Waals surface area contributed by atoms with Crippen LogP contribution < -0.4 is 0 Å². The van der Waals surface area contributed by atoms with Gasteiger partial charge in [0, 0.05) is 0 Å². The monoisotopic (exact) mass is 458 g/mol. The van der Waals surface area contributed by atoms with Crippen LogP contribution in [0.1, 0.15) is 0 Å². The second kappa shape index (κ2) is 297. The molecular formula is H22Ba2O10. The summed E-state index contributed by atoms with van der Waals surface area (Å²) in [4.78, 5) is 0. The molecule has 0 saturated carbocycles. The van der Waals surface area contributed by atoms with Crippen LogP contribution in [-0.4, -0.2) is 152 Å². The van der Waals surface area contributed by atoms with Gasteiger partial charge in [0.2, 0.25) is 0 Å². The molecule has 0 aromatic carbocycles. The summed E-state index contributed by atoms with van der Waals surface area (Å²) in [7, 11) is 0. The summed E-state index contributed by atoms with van der Waals surface area (Å²) >= 11 is 0. The summed E-state index contributed by atoms with van der Waals surface area (Å²) < 4.78 is 0. The molecule has 0 aliphatic rings. The molecule has 0 aliphatic carbocycles. The van der Waals surface area contributed by atoms with Crippen LogP contribution in [0.5, 0.6) is 0 Å². The SMILES string of the molecule is O.O.O.O.O.O.O.O.OO.[BaH2].[BaH2]. The normalized spacial score (nSPS) is 0.500. The van der Waals surface area contributed by atoms with E-state index in [2.05, 4.69) is 0 Å². The van der Waals surface area contributed by atoms with Crippen molar-refractivity contribution in [2.75, 3.05) is 0 Å². The van der Waals surface area contributed by atoms with Crippen molar-refractivity contribution >= 4 is 97.8 Å². The first kappa shape index (κ1) is 199. The summed E-state index contributed by atoms with van der Waals surface area (Å²) in [5, 5.41) is 12.0. The van der Waals surface area contributed by atoms with Crippen molar-refractivity contribution in [3.05, 3.63) is 0 Å². The van der Waals surface area contributed by atoms with Crippen molar-refractivity contribution in [1.82, 2.24) is 0 Å². The van der Waals surface area contributed by atoms with Gasteiger partial charge in [-0.05, 0) is 0 Å². The van der Waals surface area contributed by atoms with Gasteiger partial charge in [0.1, 0.15) is 0 Å². The average Bonchev–Trinajstić information content (AvgIpc) is 1.00. The third-order valence-corrected chi connectivity index (χ3v) is 0. The first-order valence-electron chi connectivity index (χ1n) is 0.200. The van der Waals surface area contributed by atoms with Gasteiger partial charge in [0.05, 0.1) is 0 Å². The molecule has 0 rings (SSSR count). The Bertz CT molecular complexity index is 7.80. The van der Waals surface area contributed by atoms with Crippen molar-refractivity contribution in [3.63, 3.8) is 0 Å². The van der Waals surface area contributed by atoms with Crippen LogP contribution in [0.3, 0.4) is 0 Å². The van der Waals surface area contributed by atoms with Gasteiger partial charge in [0.15, 0.2) is 0 Å².